The van der Waals surface area contributed by atoms with E-state index in [0.717, 1.165) is 22.8 Å². The second-order valence-electron chi connectivity index (χ2n) is 9.02. The number of halogens is 1. The fourth-order valence-electron chi connectivity index (χ4n) is 4.10. The number of ether oxygens (including phenoxy) is 1. The summed E-state index contributed by atoms with van der Waals surface area (Å²) >= 11 is 0. The number of nitrogens with two attached hydrogens (primary N) is 1. The molecule has 0 atom stereocenters. The number of anilines is 1. The maximum atomic E-state index is 14.4. The van der Waals surface area contributed by atoms with Crippen molar-refractivity contribution < 1.29 is 27.1 Å². The average molecular weight is 564 g/mol. The van der Waals surface area contributed by atoms with Crippen molar-refractivity contribution >= 4 is 27.7 Å². The summed E-state index contributed by atoms with van der Waals surface area (Å²) in [6.45, 7) is 5.55. The number of amides is 2. The van der Waals surface area contributed by atoms with Gasteiger partial charge >= 0.3 is 0 Å². The highest BCUT2D eigenvalue weighted by atomic mass is 32.2. The second kappa shape index (κ2) is 11.1. The predicted octanol–water partition coefficient (Wildman–Crippen LogP) is 4.06. The van der Waals surface area contributed by atoms with E-state index < -0.39 is 32.7 Å². The zero-order valence-electron chi connectivity index (χ0n) is 22.1. The highest BCUT2D eigenvalue weighted by Gasteiger charge is 2.25. The Hall–Kier alpha value is -4.84. The number of carbonyl (C=O) groups excluding carboxylic acids is 2. The maximum Gasteiger partial charge on any atom is 0.281 e. The van der Waals surface area contributed by atoms with Gasteiger partial charge in [0.15, 0.2) is 5.03 Å². The van der Waals surface area contributed by atoms with Crippen LogP contribution in [0.15, 0.2) is 65.7 Å². The largest absolute Gasteiger partial charge is 0.438 e. The molecule has 0 spiro atoms. The van der Waals surface area contributed by atoms with Crippen LogP contribution in [0.3, 0.4) is 0 Å². The molecule has 0 unspecified atom stereocenters. The summed E-state index contributed by atoms with van der Waals surface area (Å²) in [6, 6.07) is 14.1. The Balaban J connectivity index is 1.82. The van der Waals surface area contributed by atoms with Crippen LogP contribution in [0.4, 0.5) is 10.2 Å². The van der Waals surface area contributed by atoms with Crippen molar-refractivity contribution in [2.75, 3.05) is 12.8 Å². The molecule has 0 saturated carbocycles. The molecule has 206 valence electrons. The molecule has 0 aliphatic heterocycles. The summed E-state index contributed by atoms with van der Waals surface area (Å²) in [5.74, 6) is -2.07. The van der Waals surface area contributed by atoms with E-state index in [2.05, 4.69) is 15.3 Å². The summed E-state index contributed by atoms with van der Waals surface area (Å²) in [6.07, 6.45) is 0. The van der Waals surface area contributed by atoms with Gasteiger partial charge in [-0.2, -0.15) is 8.42 Å². The van der Waals surface area contributed by atoms with Crippen LogP contribution in [-0.4, -0.2) is 37.2 Å². The number of carbonyl (C=O) groups is 2. The van der Waals surface area contributed by atoms with Crippen LogP contribution in [0.25, 0.3) is 11.3 Å². The van der Waals surface area contributed by atoms with Crippen molar-refractivity contribution in [3.05, 3.63) is 94.3 Å². The Morgan fingerprint density at radius 3 is 2.27 bits per heavy atom. The lowest BCUT2D eigenvalue weighted by Crippen LogP contribution is -2.31. The number of nitrogens with one attached hydrogen (secondary N) is 2. The van der Waals surface area contributed by atoms with Crippen molar-refractivity contribution in [3.8, 4) is 22.9 Å². The van der Waals surface area contributed by atoms with E-state index in [0.29, 0.717) is 5.75 Å². The SMILES string of the molecule is CNC(=O)c1cc(F)cc(-c2ccc(C(=O)NS(=O)(=O)c3cccc(N)n3)c(Oc3c(C)cc(C)cc3C)n2)c1. The number of aromatic nitrogens is 2. The Morgan fingerprint density at radius 1 is 0.925 bits per heavy atom. The maximum absolute atomic E-state index is 14.4. The molecule has 4 aromatic rings. The van der Waals surface area contributed by atoms with Crippen molar-refractivity contribution in [1.82, 2.24) is 20.0 Å². The highest BCUT2D eigenvalue weighted by molar-refractivity contribution is 7.90. The van der Waals surface area contributed by atoms with Gasteiger partial charge in [-0.05, 0) is 74.4 Å². The molecule has 2 heterocycles. The molecule has 0 saturated heterocycles. The van der Waals surface area contributed by atoms with Gasteiger partial charge in [0.25, 0.3) is 21.8 Å². The van der Waals surface area contributed by atoms with Crippen molar-refractivity contribution in [2.45, 2.75) is 25.8 Å². The molecular formula is C28H26FN5O5S. The molecule has 0 aliphatic rings. The van der Waals surface area contributed by atoms with Gasteiger partial charge < -0.3 is 15.8 Å². The van der Waals surface area contributed by atoms with Crippen molar-refractivity contribution in [1.29, 1.82) is 0 Å². The van der Waals surface area contributed by atoms with E-state index in [-0.39, 0.29) is 34.1 Å². The molecule has 0 fully saturated rings. The number of sulfonamides is 1. The van der Waals surface area contributed by atoms with Crippen LogP contribution < -0.4 is 20.5 Å². The van der Waals surface area contributed by atoms with Crippen molar-refractivity contribution in [3.63, 3.8) is 0 Å². The molecule has 2 aromatic carbocycles. The minimum absolute atomic E-state index is 0.0399. The lowest BCUT2D eigenvalue weighted by Gasteiger charge is -2.16. The average Bonchev–Trinajstić information content (AvgIpc) is 2.89. The lowest BCUT2D eigenvalue weighted by atomic mass is 10.1. The van der Waals surface area contributed by atoms with Gasteiger partial charge in [0.05, 0.1) is 5.69 Å². The van der Waals surface area contributed by atoms with E-state index in [4.69, 9.17) is 10.5 Å². The monoisotopic (exact) mass is 563 g/mol. The van der Waals surface area contributed by atoms with Crippen LogP contribution in [0.5, 0.6) is 11.6 Å². The number of rotatable bonds is 7. The zero-order chi connectivity index (χ0) is 29.2. The Kier molecular flexibility index (Phi) is 7.82. The molecule has 12 heteroatoms. The number of benzene rings is 2. The fourth-order valence-corrected chi connectivity index (χ4v) is 5.04. The Bertz CT molecular complexity index is 1740. The molecule has 2 aromatic heterocycles. The van der Waals surface area contributed by atoms with Gasteiger partial charge in [0.2, 0.25) is 5.88 Å². The topological polar surface area (TPSA) is 153 Å². The molecular weight excluding hydrogens is 537 g/mol. The number of pyridine rings is 2. The van der Waals surface area contributed by atoms with Gasteiger partial charge in [-0.15, -0.1) is 0 Å². The van der Waals surface area contributed by atoms with E-state index in [1.807, 2.05) is 37.6 Å². The first kappa shape index (κ1) is 28.2. The summed E-state index contributed by atoms with van der Waals surface area (Å²) in [4.78, 5) is 33.6. The molecule has 2 amide bonds. The number of nitrogen functional groups attached to an aromatic ring is 1. The van der Waals surface area contributed by atoms with Crippen LogP contribution in [-0.2, 0) is 10.0 Å². The predicted molar refractivity (Wildman–Crippen MR) is 147 cm³/mol. The smallest absolute Gasteiger partial charge is 0.281 e. The van der Waals surface area contributed by atoms with Gasteiger partial charge in [-0.1, -0.05) is 23.8 Å². The molecule has 0 aliphatic carbocycles. The molecule has 40 heavy (non-hydrogen) atoms. The fraction of sp³-hybridized carbons (Fsp3) is 0.143. The van der Waals surface area contributed by atoms with E-state index in [1.54, 1.807) is 0 Å². The zero-order valence-corrected chi connectivity index (χ0v) is 22.9. The number of hydrogen-bond donors (Lipinski definition) is 3. The summed E-state index contributed by atoms with van der Waals surface area (Å²) < 4.78 is 48.2. The molecule has 10 nitrogen and oxygen atoms in total. The third-order valence-electron chi connectivity index (χ3n) is 5.84. The van der Waals surface area contributed by atoms with Crippen LogP contribution in [0.2, 0.25) is 0 Å². The normalized spacial score (nSPS) is 11.1. The van der Waals surface area contributed by atoms with E-state index in [9.17, 15) is 22.4 Å². The van der Waals surface area contributed by atoms with Crippen LogP contribution >= 0.6 is 0 Å². The third-order valence-corrected chi connectivity index (χ3v) is 7.07. The minimum Gasteiger partial charge on any atom is -0.438 e. The standard InChI is InChI=1S/C28H26FN5O5S/c1-15-10-16(2)25(17(3)11-15)39-28-21(27(36)34-40(37,38)24-7-5-6-23(30)33-24)8-9-22(32-28)18-12-19(26(35)31-4)14-20(29)13-18/h5-14H,1-4H3,(H2,30,33)(H,31,35)(H,34,36). The summed E-state index contributed by atoms with van der Waals surface area (Å²) in [5.41, 5.74) is 8.36. The second-order valence-corrected chi connectivity index (χ2v) is 10.7. The molecule has 4 rings (SSSR count). The van der Waals surface area contributed by atoms with Gasteiger partial charge in [0.1, 0.15) is 22.9 Å². The van der Waals surface area contributed by atoms with Gasteiger partial charge in [0, 0.05) is 18.2 Å². The van der Waals surface area contributed by atoms with E-state index in [1.165, 1.54) is 49.5 Å². The quantitative estimate of drug-likeness (QED) is 0.304. The van der Waals surface area contributed by atoms with E-state index >= 15 is 0 Å². The van der Waals surface area contributed by atoms with Crippen LogP contribution in [0, 0.1) is 26.6 Å². The van der Waals surface area contributed by atoms with Crippen LogP contribution in [0.1, 0.15) is 37.4 Å². The number of nitrogens with zero attached hydrogens (tertiary/aromatic N) is 2. The third kappa shape index (κ3) is 6.07. The minimum atomic E-state index is -4.40. The number of hydrogen-bond acceptors (Lipinski definition) is 8. The summed E-state index contributed by atoms with van der Waals surface area (Å²) in [7, 11) is -2.97. The highest BCUT2D eigenvalue weighted by Crippen LogP contribution is 2.33. The number of aryl methyl sites for hydroxylation is 3. The molecule has 0 radical (unpaired) electrons. The van der Waals surface area contributed by atoms with Crippen molar-refractivity contribution in [2.24, 2.45) is 0 Å². The Labute approximate surface area is 230 Å². The first-order chi connectivity index (χ1) is 18.9. The molecule has 4 N–H and O–H groups in total. The first-order valence-electron chi connectivity index (χ1n) is 12.0. The lowest BCUT2D eigenvalue weighted by molar-refractivity contribution is 0.0959. The molecule has 0 bridgehead atoms. The Morgan fingerprint density at radius 2 is 1.62 bits per heavy atom. The van der Waals surface area contributed by atoms with Gasteiger partial charge in [-0.3, -0.25) is 9.59 Å². The summed E-state index contributed by atoms with van der Waals surface area (Å²) in [5, 5.41) is 1.99. The first-order valence-corrected chi connectivity index (χ1v) is 13.5. The van der Waals surface area contributed by atoms with Gasteiger partial charge in [-0.25, -0.2) is 19.1 Å².